The van der Waals surface area contributed by atoms with Gasteiger partial charge in [-0.2, -0.15) is 0 Å². The molecule has 3 rings (SSSR count). The number of nitrogens with one attached hydrogen (secondary N) is 1. The highest BCUT2D eigenvalue weighted by Gasteiger charge is 2.30. The molecule has 2 aliphatic rings. The van der Waals surface area contributed by atoms with E-state index >= 15 is 0 Å². The lowest BCUT2D eigenvalue weighted by atomic mass is 10.1. The predicted octanol–water partition coefficient (Wildman–Crippen LogP) is -0.0794. The molecule has 2 aliphatic heterocycles. The largest absolute Gasteiger partial charge is 0.336 e. The zero-order valence-corrected chi connectivity index (χ0v) is 14.9. The number of carbonyl (C=O) groups excluding carboxylic acids is 1. The minimum absolute atomic E-state index is 0.0446. The van der Waals surface area contributed by atoms with Crippen LogP contribution >= 0.6 is 0 Å². The van der Waals surface area contributed by atoms with Gasteiger partial charge >= 0.3 is 0 Å². The van der Waals surface area contributed by atoms with E-state index in [1.54, 1.807) is 6.20 Å². The summed E-state index contributed by atoms with van der Waals surface area (Å²) in [5.41, 5.74) is 0. The minimum Gasteiger partial charge on any atom is -0.336 e. The van der Waals surface area contributed by atoms with Crippen molar-refractivity contribution in [2.45, 2.75) is 19.4 Å². The maximum absolute atomic E-state index is 12.8. The van der Waals surface area contributed by atoms with Crippen LogP contribution in [0.3, 0.4) is 0 Å². The Morgan fingerprint density at radius 3 is 2.67 bits per heavy atom. The fraction of sp³-hybridized carbons (Fsp3) is 0.765. The molecule has 1 aromatic rings. The molecule has 1 unspecified atom stereocenters. The molecule has 0 aromatic carbocycles. The van der Waals surface area contributed by atoms with Crippen LogP contribution in [0, 0.1) is 0 Å². The highest BCUT2D eigenvalue weighted by Crippen LogP contribution is 2.21. The summed E-state index contributed by atoms with van der Waals surface area (Å²) in [6.45, 7) is 11.0. The second-order valence-electron chi connectivity index (χ2n) is 6.73. The highest BCUT2D eigenvalue weighted by atomic mass is 16.2. The van der Waals surface area contributed by atoms with Gasteiger partial charge in [0.15, 0.2) is 0 Å². The van der Waals surface area contributed by atoms with Crippen molar-refractivity contribution in [3.8, 4) is 0 Å². The van der Waals surface area contributed by atoms with E-state index in [1.165, 1.54) is 0 Å². The third-order valence-corrected chi connectivity index (χ3v) is 5.27. The van der Waals surface area contributed by atoms with Crippen molar-refractivity contribution >= 4 is 5.91 Å². The van der Waals surface area contributed by atoms with Gasteiger partial charge in [-0.15, -0.1) is 0 Å². The standard InChI is InChI=1S/C17H30N6O/c1-3-21-10-12-22(13-11-21)7-4-16(24)23-9-5-18-14-15(23)17-19-6-8-20(17)2/h6,8,15,18H,3-5,7,9-14H2,1-2H3. The maximum Gasteiger partial charge on any atom is 0.224 e. The summed E-state index contributed by atoms with van der Waals surface area (Å²) in [6, 6.07) is 0.0446. The van der Waals surface area contributed by atoms with E-state index in [-0.39, 0.29) is 11.9 Å². The van der Waals surface area contributed by atoms with E-state index in [0.29, 0.717) is 6.42 Å². The van der Waals surface area contributed by atoms with Crippen molar-refractivity contribution in [1.29, 1.82) is 0 Å². The van der Waals surface area contributed by atoms with Gasteiger partial charge in [-0.1, -0.05) is 6.92 Å². The van der Waals surface area contributed by atoms with Crippen molar-refractivity contribution in [2.24, 2.45) is 7.05 Å². The summed E-state index contributed by atoms with van der Waals surface area (Å²) in [4.78, 5) is 24.2. The van der Waals surface area contributed by atoms with Gasteiger partial charge < -0.3 is 24.6 Å². The molecule has 1 amide bonds. The first kappa shape index (κ1) is 17.4. The van der Waals surface area contributed by atoms with Crippen molar-refractivity contribution in [2.75, 3.05) is 58.9 Å². The number of carbonyl (C=O) groups is 1. The van der Waals surface area contributed by atoms with Crippen LogP contribution in [0.2, 0.25) is 0 Å². The fourth-order valence-corrected chi connectivity index (χ4v) is 3.66. The molecule has 1 atom stereocenters. The lowest BCUT2D eigenvalue weighted by molar-refractivity contribution is -0.135. The number of hydrogen-bond acceptors (Lipinski definition) is 5. The van der Waals surface area contributed by atoms with Gasteiger partial charge in [0.05, 0.1) is 0 Å². The molecule has 2 fully saturated rings. The van der Waals surface area contributed by atoms with E-state index in [2.05, 4.69) is 27.0 Å². The summed E-state index contributed by atoms with van der Waals surface area (Å²) in [6.07, 6.45) is 4.35. The molecule has 0 spiro atoms. The number of rotatable bonds is 5. The van der Waals surface area contributed by atoms with E-state index < -0.39 is 0 Å². The lowest BCUT2D eigenvalue weighted by Crippen LogP contribution is -2.51. The molecular formula is C17H30N6O. The second kappa shape index (κ2) is 8.09. The Labute approximate surface area is 144 Å². The summed E-state index contributed by atoms with van der Waals surface area (Å²) < 4.78 is 2.02. The van der Waals surface area contributed by atoms with Crippen molar-refractivity contribution in [1.82, 2.24) is 29.6 Å². The molecule has 0 aliphatic carbocycles. The first-order chi connectivity index (χ1) is 11.7. The molecule has 0 bridgehead atoms. The number of nitrogens with zero attached hydrogens (tertiary/aromatic N) is 5. The molecule has 0 radical (unpaired) electrons. The zero-order valence-electron chi connectivity index (χ0n) is 14.9. The molecule has 0 saturated carbocycles. The number of likely N-dealkylation sites (N-methyl/N-ethyl adjacent to an activating group) is 1. The zero-order chi connectivity index (χ0) is 16.9. The Hall–Kier alpha value is -1.44. The lowest BCUT2D eigenvalue weighted by Gasteiger charge is -2.37. The second-order valence-corrected chi connectivity index (χ2v) is 6.73. The molecule has 24 heavy (non-hydrogen) atoms. The van der Waals surface area contributed by atoms with Gasteiger partial charge in [0.1, 0.15) is 11.9 Å². The number of amides is 1. The monoisotopic (exact) mass is 334 g/mol. The number of aromatic nitrogens is 2. The smallest absolute Gasteiger partial charge is 0.224 e. The minimum atomic E-state index is 0.0446. The van der Waals surface area contributed by atoms with Gasteiger partial charge in [-0.05, 0) is 6.54 Å². The highest BCUT2D eigenvalue weighted by molar-refractivity contribution is 5.77. The van der Waals surface area contributed by atoms with Crippen LogP contribution < -0.4 is 5.32 Å². The van der Waals surface area contributed by atoms with Crippen LogP contribution in [0.1, 0.15) is 25.2 Å². The Balaban J connectivity index is 1.54. The van der Waals surface area contributed by atoms with Crippen molar-refractivity contribution in [3.05, 3.63) is 18.2 Å². The predicted molar refractivity (Wildman–Crippen MR) is 93.7 cm³/mol. The van der Waals surface area contributed by atoms with Crippen LogP contribution in [0.4, 0.5) is 0 Å². The van der Waals surface area contributed by atoms with Crippen LogP contribution in [-0.2, 0) is 11.8 Å². The molecule has 1 aromatic heterocycles. The van der Waals surface area contributed by atoms with Gasteiger partial charge in [-0.25, -0.2) is 4.98 Å². The molecule has 134 valence electrons. The Bertz CT molecular complexity index is 537. The molecule has 2 saturated heterocycles. The van der Waals surface area contributed by atoms with Crippen LogP contribution in [0.15, 0.2) is 12.4 Å². The first-order valence-corrected chi connectivity index (χ1v) is 9.11. The van der Waals surface area contributed by atoms with Gasteiger partial charge in [0.25, 0.3) is 0 Å². The van der Waals surface area contributed by atoms with Crippen LogP contribution in [0.5, 0.6) is 0 Å². The number of piperazine rings is 2. The third kappa shape index (κ3) is 3.96. The Kier molecular flexibility index (Phi) is 5.86. The molecular weight excluding hydrogens is 304 g/mol. The normalized spacial score (nSPS) is 23.6. The van der Waals surface area contributed by atoms with Crippen molar-refractivity contribution in [3.63, 3.8) is 0 Å². The van der Waals surface area contributed by atoms with E-state index in [1.807, 2.05) is 22.7 Å². The summed E-state index contributed by atoms with van der Waals surface area (Å²) in [5, 5.41) is 3.39. The van der Waals surface area contributed by atoms with Crippen LogP contribution in [0.25, 0.3) is 0 Å². The van der Waals surface area contributed by atoms with E-state index in [4.69, 9.17) is 0 Å². The van der Waals surface area contributed by atoms with Crippen molar-refractivity contribution < 1.29 is 4.79 Å². The van der Waals surface area contributed by atoms with Gasteiger partial charge in [-0.3, -0.25) is 4.79 Å². The summed E-state index contributed by atoms with van der Waals surface area (Å²) >= 11 is 0. The van der Waals surface area contributed by atoms with E-state index in [0.717, 1.165) is 64.7 Å². The molecule has 7 nitrogen and oxygen atoms in total. The molecule has 1 N–H and O–H groups in total. The topological polar surface area (TPSA) is 56.6 Å². The Morgan fingerprint density at radius 1 is 1.25 bits per heavy atom. The average molecular weight is 334 g/mol. The number of aryl methyl sites for hydroxylation is 1. The summed E-state index contributed by atoms with van der Waals surface area (Å²) in [5.74, 6) is 1.22. The van der Waals surface area contributed by atoms with Crippen LogP contribution in [-0.4, -0.2) is 89.1 Å². The van der Waals surface area contributed by atoms with Gasteiger partial charge in [0, 0.05) is 78.2 Å². The fourth-order valence-electron chi connectivity index (χ4n) is 3.66. The maximum atomic E-state index is 12.8. The molecule has 3 heterocycles. The SMILES string of the molecule is CCN1CCN(CCC(=O)N2CCNCC2c2nccn2C)CC1. The third-order valence-electron chi connectivity index (χ3n) is 5.27. The quantitative estimate of drug-likeness (QED) is 0.816. The average Bonchev–Trinajstić information content (AvgIpc) is 3.06. The summed E-state index contributed by atoms with van der Waals surface area (Å²) in [7, 11) is 1.99. The molecule has 7 heteroatoms. The van der Waals surface area contributed by atoms with Gasteiger partial charge in [0.2, 0.25) is 5.91 Å². The number of hydrogen-bond donors (Lipinski definition) is 1. The first-order valence-electron chi connectivity index (χ1n) is 9.11. The Morgan fingerprint density at radius 2 is 2.00 bits per heavy atom. The van der Waals surface area contributed by atoms with E-state index in [9.17, 15) is 4.79 Å². The number of imidazole rings is 1.